The number of carbonyl (C=O) groups excluding carboxylic acids is 1. The number of H-pyrrole nitrogens is 1. The number of pyridine rings is 2. The monoisotopic (exact) mass is 377 g/mol. The van der Waals surface area contributed by atoms with Gasteiger partial charge >= 0.3 is 0 Å². The van der Waals surface area contributed by atoms with Gasteiger partial charge in [-0.05, 0) is 47.3 Å². The number of aromatic amines is 1. The summed E-state index contributed by atoms with van der Waals surface area (Å²) in [7, 11) is 0. The first-order valence-corrected chi connectivity index (χ1v) is 9.09. The van der Waals surface area contributed by atoms with Crippen LogP contribution in [0.15, 0.2) is 71.2 Å². The standard InChI is InChI=1S/C19H15N5O2S/c25-18(14-4-5-15(23-19(14)26)16-3-1-10-27-16)21-12-13-6-8-20-17(11-13)24-9-2-7-22-24/h1-11H,12H2,(H,21,25)(H,23,26). The lowest BCUT2D eigenvalue weighted by atomic mass is 10.2. The van der Waals surface area contributed by atoms with E-state index in [1.807, 2.05) is 29.6 Å². The fourth-order valence-corrected chi connectivity index (χ4v) is 3.31. The van der Waals surface area contributed by atoms with Gasteiger partial charge in [0.1, 0.15) is 5.56 Å². The summed E-state index contributed by atoms with van der Waals surface area (Å²) in [5.41, 5.74) is 1.22. The zero-order valence-corrected chi connectivity index (χ0v) is 14.9. The van der Waals surface area contributed by atoms with Crippen LogP contribution in [-0.4, -0.2) is 25.7 Å². The highest BCUT2D eigenvalue weighted by Gasteiger charge is 2.12. The molecule has 4 aromatic rings. The van der Waals surface area contributed by atoms with Crippen molar-refractivity contribution in [2.24, 2.45) is 0 Å². The molecular weight excluding hydrogens is 362 g/mol. The van der Waals surface area contributed by atoms with Gasteiger partial charge in [-0.1, -0.05) is 6.07 Å². The Morgan fingerprint density at radius 1 is 1.19 bits per heavy atom. The van der Waals surface area contributed by atoms with Crippen molar-refractivity contribution in [2.45, 2.75) is 6.54 Å². The van der Waals surface area contributed by atoms with Gasteiger partial charge < -0.3 is 10.3 Å². The van der Waals surface area contributed by atoms with Crippen LogP contribution in [0.5, 0.6) is 0 Å². The van der Waals surface area contributed by atoms with Gasteiger partial charge in [-0.15, -0.1) is 11.3 Å². The van der Waals surface area contributed by atoms with Crippen molar-refractivity contribution in [3.8, 4) is 16.4 Å². The van der Waals surface area contributed by atoms with Crippen LogP contribution in [0, 0.1) is 0 Å². The molecule has 0 aliphatic rings. The molecule has 134 valence electrons. The lowest BCUT2D eigenvalue weighted by Gasteiger charge is -2.07. The number of hydrogen-bond donors (Lipinski definition) is 2. The molecule has 2 N–H and O–H groups in total. The number of amides is 1. The van der Waals surface area contributed by atoms with Crippen LogP contribution in [0.1, 0.15) is 15.9 Å². The van der Waals surface area contributed by atoms with Crippen LogP contribution in [0.2, 0.25) is 0 Å². The van der Waals surface area contributed by atoms with Crippen LogP contribution in [0.25, 0.3) is 16.4 Å². The highest BCUT2D eigenvalue weighted by molar-refractivity contribution is 7.13. The van der Waals surface area contributed by atoms with E-state index in [1.54, 1.807) is 41.5 Å². The SMILES string of the molecule is O=C(NCc1ccnc(-n2cccn2)c1)c1ccc(-c2cccs2)[nH]c1=O. The maximum absolute atomic E-state index is 12.4. The highest BCUT2D eigenvalue weighted by atomic mass is 32.1. The molecule has 4 aromatic heterocycles. The van der Waals surface area contributed by atoms with Crippen molar-refractivity contribution in [3.63, 3.8) is 0 Å². The Bertz CT molecular complexity index is 1120. The van der Waals surface area contributed by atoms with Gasteiger partial charge in [-0.2, -0.15) is 5.10 Å². The molecule has 0 radical (unpaired) electrons. The van der Waals surface area contributed by atoms with Crippen LogP contribution in [-0.2, 0) is 6.54 Å². The molecule has 4 rings (SSSR count). The van der Waals surface area contributed by atoms with E-state index in [0.29, 0.717) is 11.5 Å². The lowest BCUT2D eigenvalue weighted by molar-refractivity contribution is 0.0949. The van der Waals surface area contributed by atoms with Crippen molar-refractivity contribution >= 4 is 17.2 Å². The summed E-state index contributed by atoms with van der Waals surface area (Å²) < 4.78 is 1.64. The Kier molecular flexibility index (Phi) is 4.63. The van der Waals surface area contributed by atoms with E-state index in [9.17, 15) is 9.59 Å². The second kappa shape index (κ2) is 7.38. The molecule has 7 nitrogen and oxygen atoms in total. The Morgan fingerprint density at radius 2 is 2.11 bits per heavy atom. The third kappa shape index (κ3) is 3.70. The van der Waals surface area contributed by atoms with Crippen molar-refractivity contribution in [3.05, 3.63) is 87.9 Å². The largest absolute Gasteiger partial charge is 0.348 e. The first-order chi connectivity index (χ1) is 13.2. The summed E-state index contributed by atoms with van der Waals surface area (Å²) in [4.78, 5) is 32.6. The normalized spacial score (nSPS) is 10.7. The van der Waals surface area contributed by atoms with E-state index in [1.165, 1.54) is 11.3 Å². The summed E-state index contributed by atoms with van der Waals surface area (Å²) in [6.45, 7) is 0.280. The van der Waals surface area contributed by atoms with Gasteiger partial charge in [0.25, 0.3) is 11.5 Å². The Morgan fingerprint density at radius 3 is 2.85 bits per heavy atom. The zero-order valence-electron chi connectivity index (χ0n) is 14.1. The number of carbonyl (C=O) groups is 1. The summed E-state index contributed by atoms with van der Waals surface area (Å²) in [5.74, 6) is 0.233. The number of aromatic nitrogens is 4. The molecule has 0 saturated heterocycles. The number of thiophene rings is 1. The van der Waals surface area contributed by atoms with Gasteiger partial charge in [0.05, 0.1) is 10.6 Å². The summed E-state index contributed by atoms with van der Waals surface area (Å²) in [6.07, 6.45) is 5.11. The Balaban J connectivity index is 1.47. The molecule has 0 unspecified atom stereocenters. The zero-order chi connectivity index (χ0) is 18.6. The smallest absolute Gasteiger partial charge is 0.261 e. The maximum Gasteiger partial charge on any atom is 0.261 e. The summed E-state index contributed by atoms with van der Waals surface area (Å²) in [5, 5.41) is 8.83. The average molecular weight is 377 g/mol. The molecule has 0 aliphatic carbocycles. The van der Waals surface area contributed by atoms with E-state index < -0.39 is 11.5 Å². The van der Waals surface area contributed by atoms with E-state index in [0.717, 1.165) is 10.4 Å². The predicted octanol–water partition coefficient (Wildman–Crippen LogP) is 2.61. The minimum Gasteiger partial charge on any atom is -0.348 e. The van der Waals surface area contributed by atoms with Crippen molar-refractivity contribution < 1.29 is 4.79 Å². The van der Waals surface area contributed by atoms with Crippen LogP contribution < -0.4 is 10.9 Å². The van der Waals surface area contributed by atoms with Crippen LogP contribution >= 0.6 is 11.3 Å². The topological polar surface area (TPSA) is 92.7 Å². The molecule has 0 fully saturated rings. The fourth-order valence-electron chi connectivity index (χ4n) is 2.61. The number of nitrogens with zero attached hydrogens (tertiary/aromatic N) is 3. The highest BCUT2D eigenvalue weighted by Crippen LogP contribution is 2.21. The van der Waals surface area contributed by atoms with Gasteiger partial charge in [0.15, 0.2) is 5.82 Å². The van der Waals surface area contributed by atoms with Crippen LogP contribution in [0.4, 0.5) is 0 Å². The van der Waals surface area contributed by atoms with Crippen molar-refractivity contribution in [2.75, 3.05) is 0 Å². The molecule has 4 heterocycles. The molecule has 8 heteroatoms. The third-order valence-electron chi connectivity index (χ3n) is 3.94. The third-order valence-corrected chi connectivity index (χ3v) is 4.85. The molecule has 27 heavy (non-hydrogen) atoms. The minimum absolute atomic E-state index is 0.0802. The molecule has 0 spiro atoms. The molecule has 0 aliphatic heterocycles. The second-order valence-corrected chi connectivity index (χ2v) is 6.70. The first-order valence-electron chi connectivity index (χ1n) is 8.21. The second-order valence-electron chi connectivity index (χ2n) is 5.75. The van der Waals surface area contributed by atoms with E-state index in [2.05, 4.69) is 20.4 Å². The minimum atomic E-state index is -0.425. The summed E-state index contributed by atoms with van der Waals surface area (Å²) in [6, 6.07) is 12.5. The average Bonchev–Trinajstić information content (AvgIpc) is 3.40. The van der Waals surface area contributed by atoms with Crippen LogP contribution in [0.3, 0.4) is 0 Å². The first kappa shape index (κ1) is 16.9. The van der Waals surface area contributed by atoms with Gasteiger partial charge in [0, 0.05) is 25.1 Å². The Hall–Kier alpha value is -3.52. The van der Waals surface area contributed by atoms with E-state index in [4.69, 9.17) is 0 Å². The number of rotatable bonds is 5. The summed E-state index contributed by atoms with van der Waals surface area (Å²) >= 11 is 1.52. The molecule has 1 amide bonds. The van der Waals surface area contributed by atoms with Gasteiger partial charge in [-0.25, -0.2) is 9.67 Å². The van der Waals surface area contributed by atoms with Crippen molar-refractivity contribution in [1.82, 2.24) is 25.1 Å². The molecule has 0 aromatic carbocycles. The van der Waals surface area contributed by atoms with Crippen molar-refractivity contribution in [1.29, 1.82) is 0 Å². The molecule has 0 bridgehead atoms. The molecule has 0 saturated carbocycles. The fraction of sp³-hybridized carbons (Fsp3) is 0.0526. The quantitative estimate of drug-likeness (QED) is 0.559. The van der Waals surface area contributed by atoms with E-state index in [-0.39, 0.29) is 12.1 Å². The Labute approximate surface area is 158 Å². The lowest BCUT2D eigenvalue weighted by Crippen LogP contribution is -2.29. The molecule has 0 atom stereocenters. The van der Waals surface area contributed by atoms with Gasteiger partial charge in [0.2, 0.25) is 0 Å². The molecular formula is C19H15N5O2S. The number of nitrogens with one attached hydrogen (secondary N) is 2. The van der Waals surface area contributed by atoms with Gasteiger partial charge in [-0.3, -0.25) is 9.59 Å². The predicted molar refractivity (Wildman–Crippen MR) is 103 cm³/mol. The van der Waals surface area contributed by atoms with E-state index >= 15 is 0 Å². The number of hydrogen-bond acceptors (Lipinski definition) is 5. The maximum atomic E-state index is 12.4.